The fraction of sp³-hybridized carbons (Fsp3) is 0.636. The third-order valence-corrected chi connectivity index (χ3v) is 4.00. The summed E-state index contributed by atoms with van der Waals surface area (Å²) in [5, 5.41) is 3.53. The number of nitrogens with one attached hydrogen (secondary N) is 1. The van der Waals surface area contributed by atoms with Gasteiger partial charge in [0.05, 0.1) is 0 Å². The van der Waals surface area contributed by atoms with Crippen LogP contribution in [0.4, 0.5) is 0 Å². The van der Waals surface area contributed by atoms with Gasteiger partial charge >= 0.3 is 0 Å². The van der Waals surface area contributed by atoms with E-state index in [1.54, 1.807) is 5.70 Å². The van der Waals surface area contributed by atoms with E-state index in [-0.39, 0.29) is 0 Å². The highest BCUT2D eigenvalue weighted by Gasteiger charge is 2.34. The lowest BCUT2D eigenvalue weighted by Crippen LogP contribution is -2.50. The Balaban J connectivity index is 1.90. The molecule has 2 fully saturated rings. The fourth-order valence-electron chi connectivity index (χ4n) is 2.88. The van der Waals surface area contributed by atoms with Gasteiger partial charge in [-0.25, -0.2) is 0 Å². The first-order chi connectivity index (χ1) is 6.83. The number of allylic oxidation sites excluding steroid dienone is 2. The quantitative estimate of drug-likeness (QED) is 0.708. The number of nitrogens with zero attached hydrogens (tertiary/aromatic N) is 1. The van der Waals surface area contributed by atoms with Crippen molar-refractivity contribution < 1.29 is 0 Å². The molecule has 0 amide bonds. The van der Waals surface area contributed by atoms with Gasteiger partial charge in [-0.1, -0.05) is 15.9 Å². The third-order valence-electron chi connectivity index (χ3n) is 3.48. The Morgan fingerprint density at radius 2 is 2.29 bits per heavy atom. The Bertz CT molecular complexity index is 304. The molecule has 2 nitrogen and oxygen atoms in total. The Morgan fingerprint density at radius 3 is 3.21 bits per heavy atom. The van der Waals surface area contributed by atoms with E-state index < -0.39 is 0 Å². The average molecular weight is 255 g/mol. The van der Waals surface area contributed by atoms with Crippen molar-refractivity contribution >= 4 is 15.9 Å². The summed E-state index contributed by atoms with van der Waals surface area (Å²) >= 11 is 3.59. The smallest absolute Gasteiger partial charge is 0.0492 e. The number of hydrogen-bond acceptors (Lipinski definition) is 2. The third kappa shape index (κ3) is 1.43. The maximum atomic E-state index is 3.59. The van der Waals surface area contributed by atoms with Gasteiger partial charge in [-0.15, -0.1) is 0 Å². The zero-order valence-electron chi connectivity index (χ0n) is 8.17. The Labute approximate surface area is 93.2 Å². The molecule has 76 valence electrons. The topological polar surface area (TPSA) is 15.3 Å². The van der Waals surface area contributed by atoms with Crippen LogP contribution in [0.25, 0.3) is 0 Å². The van der Waals surface area contributed by atoms with Crippen LogP contribution in [0.1, 0.15) is 6.42 Å². The second-order valence-corrected chi connectivity index (χ2v) is 5.56. The van der Waals surface area contributed by atoms with Crippen LogP contribution in [-0.4, -0.2) is 31.1 Å². The van der Waals surface area contributed by atoms with E-state index in [2.05, 4.69) is 38.3 Å². The van der Waals surface area contributed by atoms with E-state index in [4.69, 9.17) is 0 Å². The van der Waals surface area contributed by atoms with E-state index in [1.807, 2.05) is 0 Å². The van der Waals surface area contributed by atoms with Crippen molar-refractivity contribution in [2.45, 2.75) is 6.42 Å². The Hall–Kier alpha value is -0.280. The van der Waals surface area contributed by atoms with Crippen LogP contribution in [0.2, 0.25) is 0 Å². The first-order valence-electron chi connectivity index (χ1n) is 5.35. The first kappa shape index (κ1) is 8.98. The molecule has 14 heavy (non-hydrogen) atoms. The monoisotopic (exact) mass is 254 g/mol. The predicted molar refractivity (Wildman–Crippen MR) is 61.1 cm³/mol. The highest BCUT2D eigenvalue weighted by atomic mass is 79.9. The van der Waals surface area contributed by atoms with Crippen LogP contribution < -0.4 is 5.32 Å². The van der Waals surface area contributed by atoms with E-state index in [0.717, 1.165) is 18.4 Å². The second kappa shape index (κ2) is 3.38. The van der Waals surface area contributed by atoms with Gasteiger partial charge in [-0.05, 0) is 31.0 Å². The molecule has 2 bridgehead atoms. The van der Waals surface area contributed by atoms with Crippen molar-refractivity contribution in [2.75, 3.05) is 26.2 Å². The molecule has 0 aromatic carbocycles. The zero-order valence-corrected chi connectivity index (χ0v) is 9.76. The van der Waals surface area contributed by atoms with Crippen LogP contribution in [0.15, 0.2) is 22.3 Å². The molecule has 0 radical (unpaired) electrons. The summed E-state index contributed by atoms with van der Waals surface area (Å²) < 4.78 is 1.31. The molecule has 2 saturated heterocycles. The summed E-state index contributed by atoms with van der Waals surface area (Å²) in [6.45, 7) is 4.70. The molecule has 0 aromatic rings. The standard InChI is InChI=1S/C11H15BrN2/c12-10-1-2-11-9-3-8(4-13-5-9)6-14(11)7-10/h1-2,8-9,13H,3-7H2. The predicted octanol–water partition coefficient (Wildman–Crippen LogP) is 1.70. The van der Waals surface area contributed by atoms with E-state index in [1.165, 1.54) is 30.5 Å². The highest BCUT2D eigenvalue weighted by molar-refractivity contribution is 9.11. The van der Waals surface area contributed by atoms with Crippen molar-refractivity contribution in [1.82, 2.24) is 10.2 Å². The van der Waals surface area contributed by atoms with Gasteiger partial charge in [0, 0.05) is 35.7 Å². The molecule has 0 spiro atoms. The summed E-state index contributed by atoms with van der Waals surface area (Å²) in [5.41, 5.74) is 1.55. The summed E-state index contributed by atoms with van der Waals surface area (Å²) in [6.07, 6.45) is 5.89. The molecule has 3 heteroatoms. The van der Waals surface area contributed by atoms with Gasteiger partial charge < -0.3 is 10.2 Å². The maximum Gasteiger partial charge on any atom is 0.0492 e. The summed E-state index contributed by atoms with van der Waals surface area (Å²) in [5.74, 6) is 1.63. The van der Waals surface area contributed by atoms with Crippen molar-refractivity contribution in [3.8, 4) is 0 Å². The van der Waals surface area contributed by atoms with Gasteiger partial charge in [-0.3, -0.25) is 0 Å². The summed E-state index contributed by atoms with van der Waals surface area (Å²) in [4.78, 5) is 2.55. The van der Waals surface area contributed by atoms with Crippen LogP contribution in [0.3, 0.4) is 0 Å². The minimum Gasteiger partial charge on any atom is -0.369 e. The molecule has 0 aromatic heterocycles. The number of fused-ring (bicyclic) bond motifs is 4. The van der Waals surface area contributed by atoms with Crippen molar-refractivity contribution in [3.63, 3.8) is 0 Å². The Kier molecular flexibility index (Phi) is 2.17. The summed E-state index contributed by atoms with van der Waals surface area (Å²) in [7, 11) is 0. The zero-order chi connectivity index (χ0) is 9.54. The molecule has 0 aliphatic carbocycles. The molecule has 3 rings (SSSR count). The molecule has 2 unspecified atom stereocenters. The van der Waals surface area contributed by atoms with Crippen LogP contribution in [-0.2, 0) is 0 Å². The van der Waals surface area contributed by atoms with E-state index in [0.29, 0.717) is 0 Å². The van der Waals surface area contributed by atoms with Gasteiger partial charge in [-0.2, -0.15) is 0 Å². The largest absolute Gasteiger partial charge is 0.369 e. The molecular formula is C11H15BrN2. The SMILES string of the molecule is BrC1=CC=C2C3CNCC(C3)CN2C1. The molecule has 3 aliphatic rings. The number of halogens is 1. The maximum absolute atomic E-state index is 3.59. The molecule has 0 saturated carbocycles. The lowest BCUT2D eigenvalue weighted by molar-refractivity contribution is 0.156. The van der Waals surface area contributed by atoms with Gasteiger partial charge in [0.2, 0.25) is 0 Å². The summed E-state index contributed by atoms with van der Waals surface area (Å²) in [6, 6.07) is 0. The lowest BCUT2D eigenvalue weighted by atomic mass is 9.82. The van der Waals surface area contributed by atoms with Gasteiger partial charge in [0.15, 0.2) is 0 Å². The van der Waals surface area contributed by atoms with Crippen LogP contribution in [0.5, 0.6) is 0 Å². The molecule has 3 aliphatic heterocycles. The minimum atomic E-state index is 0.763. The first-order valence-corrected chi connectivity index (χ1v) is 6.14. The van der Waals surface area contributed by atoms with Crippen LogP contribution in [0, 0.1) is 11.8 Å². The van der Waals surface area contributed by atoms with Gasteiger partial charge in [0.25, 0.3) is 0 Å². The average Bonchev–Trinajstić information content (AvgIpc) is 2.17. The van der Waals surface area contributed by atoms with Crippen molar-refractivity contribution in [2.24, 2.45) is 11.8 Å². The lowest BCUT2D eigenvalue weighted by Gasteiger charge is -2.45. The van der Waals surface area contributed by atoms with Crippen molar-refractivity contribution in [3.05, 3.63) is 22.3 Å². The normalized spacial score (nSPS) is 35.9. The van der Waals surface area contributed by atoms with Crippen molar-refractivity contribution in [1.29, 1.82) is 0 Å². The second-order valence-electron chi connectivity index (χ2n) is 4.54. The molecule has 2 atom stereocenters. The molecule has 1 N–H and O–H groups in total. The minimum absolute atomic E-state index is 0.763. The van der Waals surface area contributed by atoms with Gasteiger partial charge in [0.1, 0.15) is 0 Å². The van der Waals surface area contributed by atoms with Crippen LogP contribution >= 0.6 is 15.9 Å². The number of rotatable bonds is 0. The Morgan fingerprint density at radius 1 is 1.36 bits per heavy atom. The van der Waals surface area contributed by atoms with E-state index in [9.17, 15) is 0 Å². The fourth-order valence-corrected chi connectivity index (χ4v) is 3.31. The number of piperidine rings is 2. The van der Waals surface area contributed by atoms with E-state index >= 15 is 0 Å². The molecular weight excluding hydrogens is 240 g/mol. The highest BCUT2D eigenvalue weighted by Crippen LogP contribution is 2.35. The molecule has 3 heterocycles. The number of hydrogen-bond donors (Lipinski definition) is 1.